The van der Waals surface area contributed by atoms with E-state index in [-0.39, 0.29) is 23.8 Å². The summed E-state index contributed by atoms with van der Waals surface area (Å²) in [5.41, 5.74) is 0.938. The van der Waals surface area contributed by atoms with E-state index in [9.17, 15) is 9.90 Å². The SMILES string of the molecule is CC(Cc1ccc(Cl)cc1Cl)C(=O)N1CCC(C(C)O)C1. The Morgan fingerprint density at radius 2 is 2.14 bits per heavy atom. The van der Waals surface area contributed by atoms with Crippen LogP contribution < -0.4 is 0 Å². The van der Waals surface area contributed by atoms with Gasteiger partial charge < -0.3 is 10.0 Å². The first-order chi connectivity index (χ1) is 9.88. The van der Waals surface area contributed by atoms with Gasteiger partial charge in [-0.15, -0.1) is 0 Å². The third kappa shape index (κ3) is 4.12. The lowest BCUT2D eigenvalue weighted by Gasteiger charge is -2.22. The van der Waals surface area contributed by atoms with Crippen LogP contribution in [0.4, 0.5) is 0 Å². The van der Waals surface area contributed by atoms with Crippen molar-refractivity contribution in [1.82, 2.24) is 4.90 Å². The molecular weight excluding hydrogens is 309 g/mol. The van der Waals surface area contributed by atoms with Crippen molar-refractivity contribution in [2.45, 2.75) is 32.8 Å². The number of halogens is 2. The molecular formula is C16H21Cl2NO2. The summed E-state index contributed by atoms with van der Waals surface area (Å²) < 4.78 is 0. The van der Waals surface area contributed by atoms with Gasteiger partial charge >= 0.3 is 0 Å². The molecule has 0 radical (unpaired) electrons. The van der Waals surface area contributed by atoms with Gasteiger partial charge in [0.1, 0.15) is 0 Å². The maximum atomic E-state index is 12.5. The van der Waals surface area contributed by atoms with Crippen molar-refractivity contribution in [3.8, 4) is 0 Å². The van der Waals surface area contributed by atoms with E-state index in [1.807, 2.05) is 17.9 Å². The van der Waals surface area contributed by atoms with Gasteiger partial charge in [0, 0.05) is 35.0 Å². The van der Waals surface area contributed by atoms with Crippen LogP contribution in [-0.4, -0.2) is 35.1 Å². The Balaban J connectivity index is 1.97. The Hall–Kier alpha value is -0.770. The van der Waals surface area contributed by atoms with Crippen LogP contribution in [0, 0.1) is 11.8 Å². The molecule has 1 heterocycles. The quantitative estimate of drug-likeness (QED) is 0.919. The van der Waals surface area contributed by atoms with E-state index in [1.165, 1.54) is 0 Å². The highest BCUT2D eigenvalue weighted by molar-refractivity contribution is 6.35. The number of aliphatic hydroxyl groups excluding tert-OH is 1. The highest BCUT2D eigenvalue weighted by Crippen LogP contribution is 2.26. The van der Waals surface area contributed by atoms with Gasteiger partial charge in [-0.2, -0.15) is 0 Å². The summed E-state index contributed by atoms with van der Waals surface area (Å²) in [6, 6.07) is 5.37. The maximum absolute atomic E-state index is 12.5. The van der Waals surface area contributed by atoms with Crippen LogP contribution in [0.5, 0.6) is 0 Å². The molecule has 3 atom stereocenters. The molecule has 1 aromatic rings. The summed E-state index contributed by atoms with van der Waals surface area (Å²) in [5, 5.41) is 10.8. The fraction of sp³-hybridized carbons (Fsp3) is 0.562. The van der Waals surface area contributed by atoms with Crippen molar-refractivity contribution in [2.24, 2.45) is 11.8 Å². The molecule has 1 aliphatic rings. The molecule has 0 spiro atoms. The second-order valence-electron chi connectivity index (χ2n) is 5.91. The number of hydrogen-bond donors (Lipinski definition) is 1. The van der Waals surface area contributed by atoms with Crippen molar-refractivity contribution in [3.05, 3.63) is 33.8 Å². The third-order valence-corrected chi connectivity index (χ3v) is 4.77. The normalized spacial score (nSPS) is 21.4. The molecule has 1 amide bonds. The highest BCUT2D eigenvalue weighted by Gasteiger charge is 2.31. The molecule has 1 fully saturated rings. The second kappa shape index (κ2) is 6.99. The summed E-state index contributed by atoms with van der Waals surface area (Å²) in [7, 11) is 0. The standard InChI is InChI=1S/C16H21Cl2NO2/c1-10(7-12-3-4-14(17)8-15(12)18)16(21)19-6-5-13(9-19)11(2)20/h3-4,8,10-11,13,20H,5-7,9H2,1-2H3. The van der Waals surface area contributed by atoms with Gasteiger partial charge in [0.2, 0.25) is 5.91 Å². The van der Waals surface area contributed by atoms with E-state index in [4.69, 9.17) is 23.2 Å². The highest BCUT2D eigenvalue weighted by atomic mass is 35.5. The lowest BCUT2D eigenvalue weighted by atomic mass is 9.99. The molecule has 5 heteroatoms. The van der Waals surface area contributed by atoms with E-state index in [0.29, 0.717) is 23.0 Å². The minimum absolute atomic E-state index is 0.128. The average molecular weight is 330 g/mol. The third-order valence-electron chi connectivity index (χ3n) is 4.18. The van der Waals surface area contributed by atoms with Gasteiger partial charge in [-0.1, -0.05) is 36.2 Å². The van der Waals surface area contributed by atoms with Crippen molar-refractivity contribution < 1.29 is 9.90 Å². The zero-order valence-corrected chi connectivity index (χ0v) is 13.9. The topological polar surface area (TPSA) is 40.5 Å². The minimum Gasteiger partial charge on any atom is -0.393 e. The molecule has 0 saturated carbocycles. The molecule has 3 unspecified atom stereocenters. The molecule has 1 aliphatic heterocycles. The molecule has 2 rings (SSSR count). The van der Waals surface area contributed by atoms with Gasteiger partial charge in [-0.3, -0.25) is 4.79 Å². The lowest BCUT2D eigenvalue weighted by molar-refractivity contribution is -0.134. The van der Waals surface area contributed by atoms with Crippen LogP contribution in [0.3, 0.4) is 0 Å². The van der Waals surface area contributed by atoms with E-state index in [1.54, 1.807) is 19.1 Å². The van der Waals surface area contributed by atoms with Crippen LogP contribution in [0.2, 0.25) is 10.0 Å². The van der Waals surface area contributed by atoms with Crippen LogP contribution in [0.25, 0.3) is 0 Å². The first-order valence-corrected chi connectivity index (χ1v) is 8.05. The van der Waals surface area contributed by atoms with Crippen LogP contribution >= 0.6 is 23.2 Å². The number of aliphatic hydroxyl groups is 1. The Morgan fingerprint density at radius 1 is 1.43 bits per heavy atom. The number of benzene rings is 1. The number of hydrogen-bond acceptors (Lipinski definition) is 2. The zero-order valence-electron chi connectivity index (χ0n) is 12.4. The number of carbonyl (C=O) groups excluding carboxylic acids is 1. The number of carbonyl (C=O) groups is 1. The number of nitrogens with zero attached hydrogens (tertiary/aromatic N) is 1. The number of likely N-dealkylation sites (tertiary alicyclic amines) is 1. The van der Waals surface area contributed by atoms with Crippen LogP contribution in [0.15, 0.2) is 18.2 Å². The van der Waals surface area contributed by atoms with Gasteiger partial charge in [-0.25, -0.2) is 0 Å². The summed E-state index contributed by atoms with van der Waals surface area (Å²) in [5.74, 6) is 0.195. The first-order valence-electron chi connectivity index (χ1n) is 7.29. The Morgan fingerprint density at radius 3 is 2.71 bits per heavy atom. The molecule has 0 bridgehead atoms. The minimum atomic E-state index is -0.358. The van der Waals surface area contributed by atoms with Crippen LogP contribution in [0.1, 0.15) is 25.8 Å². The fourth-order valence-corrected chi connectivity index (χ4v) is 3.28. The van der Waals surface area contributed by atoms with Gasteiger partial charge in [0.25, 0.3) is 0 Å². The molecule has 1 saturated heterocycles. The van der Waals surface area contributed by atoms with Crippen molar-refractivity contribution in [1.29, 1.82) is 0 Å². The maximum Gasteiger partial charge on any atom is 0.225 e. The smallest absolute Gasteiger partial charge is 0.225 e. The number of amides is 1. The van der Waals surface area contributed by atoms with Crippen LogP contribution in [-0.2, 0) is 11.2 Å². The molecule has 21 heavy (non-hydrogen) atoms. The zero-order chi connectivity index (χ0) is 15.6. The Labute approximate surface area is 135 Å². The first kappa shape index (κ1) is 16.6. The van der Waals surface area contributed by atoms with Crippen molar-refractivity contribution in [2.75, 3.05) is 13.1 Å². The molecule has 3 nitrogen and oxygen atoms in total. The van der Waals surface area contributed by atoms with E-state index >= 15 is 0 Å². The number of rotatable bonds is 4. The summed E-state index contributed by atoms with van der Waals surface area (Å²) in [4.78, 5) is 14.3. The van der Waals surface area contributed by atoms with E-state index in [0.717, 1.165) is 18.5 Å². The average Bonchev–Trinajstić information content (AvgIpc) is 2.90. The van der Waals surface area contributed by atoms with E-state index in [2.05, 4.69) is 0 Å². The van der Waals surface area contributed by atoms with E-state index < -0.39 is 0 Å². The summed E-state index contributed by atoms with van der Waals surface area (Å²) >= 11 is 12.0. The molecule has 1 N–H and O–H groups in total. The molecule has 0 aliphatic carbocycles. The monoisotopic (exact) mass is 329 g/mol. The molecule has 0 aromatic heterocycles. The Bertz CT molecular complexity index is 519. The van der Waals surface area contributed by atoms with Gasteiger partial charge in [-0.05, 0) is 37.5 Å². The molecule has 116 valence electrons. The second-order valence-corrected chi connectivity index (χ2v) is 6.76. The summed E-state index contributed by atoms with van der Waals surface area (Å²) in [6.45, 7) is 5.08. The van der Waals surface area contributed by atoms with Crippen molar-refractivity contribution in [3.63, 3.8) is 0 Å². The molecule has 1 aromatic carbocycles. The van der Waals surface area contributed by atoms with Gasteiger partial charge in [0.05, 0.1) is 6.10 Å². The fourth-order valence-electron chi connectivity index (χ4n) is 2.80. The Kier molecular flexibility index (Phi) is 5.53. The van der Waals surface area contributed by atoms with Gasteiger partial charge in [0.15, 0.2) is 0 Å². The summed E-state index contributed by atoms with van der Waals surface area (Å²) in [6.07, 6.45) is 1.12. The predicted molar refractivity (Wildman–Crippen MR) is 85.7 cm³/mol. The predicted octanol–water partition coefficient (Wildman–Crippen LogP) is 3.40. The largest absolute Gasteiger partial charge is 0.393 e. The lowest BCUT2D eigenvalue weighted by Crippen LogP contribution is -2.35. The van der Waals surface area contributed by atoms with Crippen molar-refractivity contribution >= 4 is 29.1 Å².